The van der Waals surface area contributed by atoms with E-state index in [1.54, 1.807) is 0 Å². The summed E-state index contributed by atoms with van der Waals surface area (Å²) in [5.41, 5.74) is 3.42. The fourth-order valence-corrected chi connectivity index (χ4v) is 4.49. The zero-order valence-electron chi connectivity index (χ0n) is 22.4. The molecule has 1 fully saturated rings. The third-order valence-electron chi connectivity index (χ3n) is 6.21. The Bertz CT molecular complexity index is 1180. The summed E-state index contributed by atoms with van der Waals surface area (Å²) in [6.45, 7) is 16.0. The molecule has 0 radical (unpaired) electrons. The number of carbonyl (C=O) groups excluding carboxylic acids is 1. The van der Waals surface area contributed by atoms with Gasteiger partial charge in [0.25, 0.3) is 5.91 Å². The number of piperazine rings is 1. The molecule has 3 N–H and O–H groups in total. The highest BCUT2D eigenvalue weighted by Crippen LogP contribution is 2.26. The highest BCUT2D eigenvalue weighted by atomic mass is 16.5. The van der Waals surface area contributed by atoms with E-state index in [1.807, 2.05) is 49.2 Å². The summed E-state index contributed by atoms with van der Waals surface area (Å²) in [6, 6.07) is 12.4. The molecule has 36 heavy (non-hydrogen) atoms. The van der Waals surface area contributed by atoms with Crippen LogP contribution in [0.5, 0.6) is 0 Å². The molecule has 8 nitrogen and oxygen atoms in total. The number of anilines is 3. The molecule has 1 aliphatic rings. The van der Waals surface area contributed by atoms with Crippen molar-refractivity contribution >= 4 is 34.0 Å². The summed E-state index contributed by atoms with van der Waals surface area (Å²) in [6.07, 6.45) is 2.01. The van der Waals surface area contributed by atoms with Crippen molar-refractivity contribution in [3.63, 3.8) is 0 Å². The zero-order chi connectivity index (χ0) is 25.9. The summed E-state index contributed by atoms with van der Waals surface area (Å²) in [7, 11) is 0. The van der Waals surface area contributed by atoms with Gasteiger partial charge in [0.2, 0.25) is 0 Å². The van der Waals surface area contributed by atoms with Crippen LogP contribution >= 0.6 is 0 Å². The lowest BCUT2D eigenvalue weighted by molar-refractivity contribution is 0.0547. The Kier molecular flexibility index (Phi) is 7.73. The van der Waals surface area contributed by atoms with E-state index in [0.717, 1.165) is 41.2 Å². The van der Waals surface area contributed by atoms with E-state index in [-0.39, 0.29) is 17.6 Å². The lowest BCUT2D eigenvalue weighted by Crippen LogP contribution is -2.49. The van der Waals surface area contributed by atoms with Crippen LogP contribution in [0.25, 0.3) is 10.9 Å². The van der Waals surface area contributed by atoms with E-state index < -0.39 is 0 Å². The van der Waals surface area contributed by atoms with Gasteiger partial charge in [0.05, 0.1) is 23.9 Å². The predicted molar refractivity (Wildman–Crippen MR) is 148 cm³/mol. The van der Waals surface area contributed by atoms with Crippen molar-refractivity contribution < 1.29 is 9.53 Å². The van der Waals surface area contributed by atoms with Gasteiger partial charge in [-0.1, -0.05) is 0 Å². The number of H-pyrrole nitrogens is 1. The van der Waals surface area contributed by atoms with Gasteiger partial charge in [-0.05, 0) is 77.9 Å². The maximum atomic E-state index is 13.3. The molecular formula is C28H40N6O2. The molecular weight excluding hydrogens is 452 g/mol. The number of aromatic amines is 1. The second-order valence-electron chi connectivity index (χ2n) is 10.8. The SMILES string of the molecule is CC(C)Nc1cccnc1N1CCN(C(=O)c2cc3cc(NC(C)(C)COC(C)C)ccc3[nH]2)CC1. The second kappa shape index (κ2) is 10.8. The van der Waals surface area contributed by atoms with Crippen molar-refractivity contribution in [2.45, 2.75) is 59.2 Å². The third-order valence-corrected chi connectivity index (χ3v) is 6.21. The first-order valence-electron chi connectivity index (χ1n) is 12.9. The van der Waals surface area contributed by atoms with Crippen molar-refractivity contribution in [2.24, 2.45) is 0 Å². The molecule has 0 unspecified atom stereocenters. The van der Waals surface area contributed by atoms with Crippen molar-refractivity contribution in [2.75, 3.05) is 48.3 Å². The molecule has 0 bridgehead atoms. The maximum absolute atomic E-state index is 13.3. The van der Waals surface area contributed by atoms with E-state index in [4.69, 9.17) is 4.74 Å². The van der Waals surface area contributed by atoms with E-state index in [2.05, 4.69) is 65.3 Å². The first-order chi connectivity index (χ1) is 17.1. The van der Waals surface area contributed by atoms with Gasteiger partial charge in [-0.2, -0.15) is 0 Å². The van der Waals surface area contributed by atoms with Gasteiger partial charge < -0.3 is 30.2 Å². The Morgan fingerprint density at radius 2 is 1.86 bits per heavy atom. The molecule has 1 amide bonds. The molecule has 8 heteroatoms. The van der Waals surface area contributed by atoms with Gasteiger partial charge in [-0.25, -0.2) is 4.98 Å². The molecule has 2 aromatic heterocycles. The standard InChI is InChI=1S/C28H40N6O2/c1-19(2)30-24-8-7-11-29-26(24)33-12-14-34(15-13-33)27(35)25-17-21-16-22(9-10-23(21)31-25)32-28(5,6)18-36-20(3)4/h7-11,16-17,19-20,30-32H,12-15,18H2,1-6H3. The van der Waals surface area contributed by atoms with Crippen LogP contribution in [0, 0.1) is 0 Å². The van der Waals surface area contributed by atoms with Gasteiger partial charge in [0.15, 0.2) is 5.82 Å². The van der Waals surface area contributed by atoms with Crippen LogP contribution in [0.3, 0.4) is 0 Å². The Hall–Kier alpha value is -3.26. The van der Waals surface area contributed by atoms with Crippen molar-refractivity contribution in [1.82, 2.24) is 14.9 Å². The molecule has 0 atom stereocenters. The Balaban J connectivity index is 1.40. The van der Waals surface area contributed by atoms with Gasteiger partial charge in [-0.15, -0.1) is 0 Å². The number of nitrogens with zero attached hydrogens (tertiary/aromatic N) is 3. The summed E-state index contributed by atoms with van der Waals surface area (Å²) >= 11 is 0. The molecule has 3 aromatic rings. The topological polar surface area (TPSA) is 85.5 Å². The number of nitrogens with one attached hydrogen (secondary N) is 3. The van der Waals surface area contributed by atoms with Gasteiger partial charge in [0.1, 0.15) is 5.69 Å². The monoisotopic (exact) mass is 492 g/mol. The van der Waals surface area contributed by atoms with E-state index in [0.29, 0.717) is 31.4 Å². The number of hydrogen-bond donors (Lipinski definition) is 3. The highest BCUT2D eigenvalue weighted by molar-refractivity contribution is 5.98. The maximum Gasteiger partial charge on any atom is 0.270 e. The fraction of sp³-hybridized carbons (Fsp3) is 0.500. The van der Waals surface area contributed by atoms with E-state index in [1.165, 1.54) is 0 Å². The molecule has 4 rings (SSSR count). The van der Waals surface area contributed by atoms with Crippen LogP contribution in [-0.2, 0) is 4.74 Å². The molecule has 1 aromatic carbocycles. The van der Waals surface area contributed by atoms with Crippen molar-refractivity contribution in [3.05, 3.63) is 48.3 Å². The summed E-state index contributed by atoms with van der Waals surface area (Å²) in [5.74, 6) is 0.984. The second-order valence-corrected chi connectivity index (χ2v) is 10.8. The number of pyridine rings is 1. The van der Waals surface area contributed by atoms with Crippen molar-refractivity contribution in [1.29, 1.82) is 0 Å². The average molecular weight is 493 g/mol. The van der Waals surface area contributed by atoms with Crippen LogP contribution in [0.15, 0.2) is 42.6 Å². The van der Waals surface area contributed by atoms with Crippen LogP contribution in [0.2, 0.25) is 0 Å². The number of hydrogen-bond acceptors (Lipinski definition) is 6. The fourth-order valence-electron chi connectivity index (χ4n) is 4.49. The number of amides is 1. The Morgan fingerprint density at radius 1 is 1.11 bits per heavy atom. The van der Waals surface area contributed by atoms with E-state index >= 15 is 0 Å². The molecule has 0 aliphatic carbocycles. The molecule has 1 saturated heterocycles. The predicted octanol–water partition coefficient (Wildman–Crippen LogP) is 4.96. The van der Waals surface area contributed by atoms with Crippen molar-refractivity contribution in [3.8, 4) is 0 Å². The lowest BCUT2D eigenvalue weighted by Gasteiger charge is -2.36. The minimum absolute atomic E-state index is 0.0348. The molecule has 194 valence electrons. The molecule has 1 aliphatic heterocycles. The Labute approximate surface area is 214 Å². The van der Waals surface area contributed by atoms with Gasteiger partial charge in [0, 0.05) is 55.0 Å². The third kappa shape index (κ3) is 6.29. The minimum Gasteiger partial charge on any atom is -0.380 e. The number of fused-ring (bicyclic) bond motifs is 1. The van der Waals surface area contributed by atoms with Crippen LogP contribution in [0.1, 0.15) is 52.0 Å². The first-order valence-corrected chi connectivity index (χ1v) is 12.9. The lowest BCUT2D eigenvalue weighted by atomic mass is 10.1. The Morgan fingerprint density at radius 3 is 2.56 bits per heavy atom. The van der Waals surface area contributed by atoms with Gasteiger partial charge >= 0.3 is 0 Å². The van der Waals surface area contributed by atoms with E-state index in [9.17, 15) is 4.79 Å². The highest BCUT2D eigenvalue weighted by Gasteiger charge is 2.25. The summed E-state index contributed by atoms with van der Waals surface area (Å²) in [5, 5.41) is 8.04. The summed E-state index contributed by atoms with van der Waals surface area (Å²) < 4.78 is 5.80. The van der Waals surface area contributed by atoms with Crippen LogP contribution < -0.4 is 15.5 Å². The summed E-state index contributed by atoms with van der Waals surface area (Å²) in [4.78, 5) is 25.4. The molecule has 0 saturated carbocycles. The van der Waals surface area contributed by atoms with Gasteiger partial charge in [-0.3, -0.25) is 4.79 Å². The minimum atomic E-state index is -0.204. The zero-order valence-corrected chi connectivity index (χ0v) is 22.4. The van der Waals surface area contributed by atoms with Crippen LogP contribution in [-0.4, -0.2) is 71.2 Å². The number of aromatic nitrogens is 2. The number of benzene rings is 1. The molecule has 3 heterocycles. The number of rotatable bonds is 9. The number of carbonyl (C=O) groups is 1. The normalized spacial score (nSPS) is 14.7. The number of ether oxygens (including phenoxy) is 1. The van der Waals surface area contributed by atoms with Crippen LogP contribution in [0.4, 0.5) is 17.2 Å². The average Bonchev–Trinajstić information content (AvgIpc) is 3.26. The quantitative estimate of drug-likeness (QED) is 0.391. The largest absolute Gasteiger partial charge is 0.380 e. The first kappa shape index (κ1) is 25.8. The molecule has 0 spiro atoms. The smallest absolute Gasteiger partial charge is 0.270 e.